The van der Waals surface area contributed by atoms with Gasteiger partial charge in [0, 0.05) is 12.0 Å². The van der Waals surface area contributed by atoms with E-state index in [0.717, 1.165) is 37.0 Å². The van der Waals surface area contributed by atoms with Crippen LogP contribution in [0.4, 0.5) is 0 Å². The highest BCUT2D eigenvalue weighted by atomic mass is 16.3. The molecule has 0 aromatic carbocycles. The predicted molar refractivity (Wildman–Crippen MR) is 57.1 cm³/mol. The lowest BCUT2D eigenvalue weighted by Crippen LogP contribution is -1.98. The Morgan fingerprint density at radius 3 is 3.07 bits per heavy atom. The Morgan fingerprint density at radius 2 is 2.43 bits per heavy atom. The van der Waals surface area contributed by atoms with E-state index >= 15 is 0 Å². The molecular formula is C12H18O2. The smallest absolute Gasteiger partial charge is 0.109 e. The van der Waals surface area contributed by atoms with Crippen molar-refractivity contribution in [2.45, 2.75) is 38.7 Å². The summed E-state index contributed by atoms with van der Waals surface area (Å²) in [6.07, 6.45) is 6.67. The van der Waals surface area contributed by atoms with Crippen LogP contribution in [0.5, 0.6) is 0 Å². The van der Waals surface area contributed by atoms with Gasteiger partial charge in [-0.3, -0.25) is 0 Å². The van der Waals surface area contributed by atoms with E-state index in [0.29, 0.717) is 0 Å². The molecule has 0 aliphatic rings. The van der Waals surface area contributed by atoms with Crippen LogP contribution >= 0.6 is 0 Å². The molecule has 0 amide bonds. The molecule has 1 N–H and O–H groups in total. The standard InChI is InChI=1S/C12H18O2/c1-3-5-6-7-11(13)10-8-9-14-12(10)4-2/h3,8-9,11,13H,1,4-7H2,2H3. The fourth-order valence-corrected chi connectivity index (χ4v) is 1.55. The number of furan rings is 1. The van der Waals surface area contributed by atoms with Crippen molar-refractivity contribution in [3.63, 3.8) is 0 Å². The van der Waals surface area contributed by atoms with Crippen molar-refractivity contribution in [3.8, 4) is 0 Å². The van der Waals surface area contributed by atoms with Gasteiger partial charge in [0.15, 0.2) is 0 Å². The minimum absolute atomic E-state index is 0.386. The summed E-state index contributed by atoms with van der Waals surface area (Å²) >= 11 is 0. The topological polar surface area (TPSA) is 33.4 Å². The summed E-state index contributed by atoms with van der Waals surface area (Å²) in [4.78, 5) is 0. The second kappa shape index (κ2) is 5.66. The third kappa shape index (κ3) is 2.74. The quantitative estimate of drug-likeness (QED) is 0.557. The van der Waals surface area contributed by atoms with Gasteiger partial charge < -0.3 is 9.52 Å². The number of hydrogen-bond donors (Lipinski definition) is 1. The summed E-state index contributed by atoms with van der Waals surface area (Å²) in [6.45, 7) is 5.68. The summed E-state index contributed by atoms with van der Waals surface area (Å²) in [7, 11) is 0. The van der Waals surface area contributed by atoms with Crippen LogP contribution in [0.25, 0.3) is 0 Å². The second-order valence-electron chi connectivity index (χ2n) is 3.39. The SMILES string of the molecule is C=CCCCC(O)c1ccoc1CC. The summed E-state index contributed by atoms with van der Waals surface area (Å²) < 4.78 is 5.26. The van der Waals surface area contributed by atoms with Crippen molar-refractivity contribution in [1.29, 1.82) is 0 Å². The lowest BCUT2D eigenvalue weighted by molar-refractivity contribution is 0.162. The second-order valence-corrected chi connectivity index (χ2v) is 3.39. The molecule has 1 atom stereocenters. The van der Waals surface area contributed by atoms with Gasteiger partial charge in [-0.05, 0) is 25.3 Å². The summed E-state index contributed by atoms with van der Waals surface area (Å²) in [6, 6.07) is 1.86. The highest BCUT2D eigenvalue weighted by Gasteiger charge is 2.13. The van der Waals surface area contributed by atoms with E-state index in [9.17, 15) is 5.11 Å². The summed E-state index contributed by atoms with van der Waals surface area (Å²) in [5.41, 5.74) is 0.941. The van der Waals surface area contributed by atoms with Crippen molar-refractivity contribution in [2.75, 3.05) is 0 Å². The van der Waals surface area contributed by atoms with Crippen LogP contribution in [0.2, 0.25) is 0 Å². The molecule has 1 unspecified atom stereocenters. The maximum Gasteiger partial charge on any atom is 0.109 e. The summed E-state index contributed by atoms with van der Waals surface area (Å²) in [5.74, 6) is 0.899. The molecule has 0 aliphatic heterocycles. The van der Waals surface area contributed by atoms with Crippen molar-refractivity contribution < 1.29 is 9.52 Å². The minimum Gasteiger partial charge on any atom is -0.469 e. The maximum atomic E-state index is 9.85. The molecule has 1 rings (SSSR count). The van der Waals surface area contributed by atoms with Gasteiger partial charge in [-0.2, -0.15) is 0 Å². The number of unbranched alkanes of at least 4 members (excludes halogenated alkanes) is 1. The van der Waals surface area contributed by atoms with Crippen molar-refractivity contribution >= 4 is 0 Å². The van der Waals surface area contributed by atoms with Crippen molar-refractivity contribution in [3.05, 3.63) is 36.3 Å². The Bertz CT molecular complexity index is 276. The van der Waals surface area contributed by atoms with Crippen LogP contribution in [-0.2, 0) is 6.42 Å². The van der Waals surface area contributed by atoms with Crippen molar-refractivity contribution in [1.82, 2.24) is 0 Å². The van der Waals surface area contributed by atoms with E-state index in [1.807, 2.05) is 19.1 Å². The number of allylic oxidation sites excluding steroid dienone is 1. The van der Waals surface area contributed by atoms with E-state index in [1.165, 1.54) is 0 Å². The van der Waals surface area contributed by atoms with Gasteiger partial charge >= 0.3 is 0 Å². The molecule has 0 saturated heterocycles. The Labute approximate surface area is 85.2 Å². The van der Waals surface area contributed by atoms with Crippen LogP contribution in [0.1, 0.15) is 43.6 Å². The predicted octanol–water partition coefficient (Wildman–Crippen LogP) is 3.23. The summed E-state index contributed by atoms with van der Waals surface area (Å²) in [5, 5.41) is 9.85. The number of aryl methyl sites for hydroxylation is 1. The molecule has 0 fully saturated rings. The lowest BCUT2D eigenvalue weighted by Gasteiger charge is -2.08. The first-order chi connectivity index (χ1) is 6.79. The Balaban J connectivity index is 2.50. The van der Waals surface area contributed by atoms with Crippen molar-refractivity contribution in [2.24, 2.45) is 0 Å². The normalized spacial score (nSPS) is 12.7. The van der Waals surface area contributed by atoms with Gasteiger partial charge in [-0.25, -0.2) is 0 Å². The van der Waals surface area contributed by atoms with Crippen LogP contribution in [0, 0.1) is 0 Å². The largest absolute Gasteiger partial charge is 0.469 e. The molecule has 0 radical (unpaired) electrons. The van der Waals surface area contributed by atoms with Gasteiger partial charge in [-0.1, -0.05) is 13.0 Å². The zero-order valence-corrected chi connectivity index (χ0v) is 8.70. The van der Waals surface area contributed by atoms with Gasteiger partial charge in [0.25, 0.3) is 0 Å². The van der Waals surface area contributed by atoms with Crippen LogP contribution < -0.4 is 0 Å². The Hall–Kier alpha value is -1.02. The molecule has 0 spiro atoms. The lowest BCUT2D eigenvalue weighted by atomic mass is 10.0. The first kappa shape index (κ1) is 11.1. The molecular weight excluding hydrogens is 176 g/mol. The van der Waals surface area contributed by atoms with Crippen LogP contribution in [0.3, 0.4) is 0 Å². The average Bonchev–Trinajstić information content (AvgIpc) is 2.65. The molecule has 0 aliphatic carbocycles. The molecule has 14 heavy (non-hydrogen) atoms. The molecule has 0 bridgehead atoms. The van der Waals surface area contributed by atoms with E-state index in [1.54, 1.807) is 6.26 Å². The minimum atomic E-state index is -0.386. The molecule has 2 heteroatoms. The monoisotopic (exact) mass is 194 g/mol. The zero-order chi connectivity index (χ0) is 10.4. The molecule has 1 aromatic rings. The molecule has 78 valence electrons. The third-order valence-corrected chi connectivity index (χ3v) is 2.35. The van der Waals surface area contributed by atoms with E-state index in [2.05, 4.69) is 6.58 Å². The van der Waals surface area contributed by atoms with Gasteiger partial charge in [0.05, 0.1) is 12.4 Å². The number of hydrogen-bond acceptors (Lipinski definition) is 2. The fourth-order valence-electron chi connectivity index (χ4n) is 1.55. The van der Waals surface area contributed by atoms with Crippen LogP contribution in [-0.4, -0.2) is 5.11 Å². The molecule has 1 aromatic heterocycles. The average molecular weight is 194 g/mol. The number of aliphatic hydroxyl groups is 1. The van der Waals surface area contributed by atoms with Gasteiger partial charge in [0.2, 0.25) is 0 Å². The van der Waals surface area contributed by atoms with E-state index in [-0.39, 0.29) is 6.10 Å². The van der Waals surface area contributed by atoms with Crippen LogP contribution in [0.15, 0.2) is 29.4 Å². The van der Waals surface area contributed by atoms with Gasteiger partial charge in [-0.15, -0.1) is 6.58 Å². The number of aliphatic hydroxyl groups excluding tert-OH is 1. The Morgan fingerprint density at radius 1 is 1.64 bits per heavy atom. The number of rotatable bonds is 6. The first-order valence-corrected chi connectivity index (χ1v) is 5.14. The molecule has 2 nitrogen and oxygen atoms in total. The van der Waals surface area contributed by atoms with Gasteiger partial charge in [0.1, 0.15) is 5.76 Å². The molecule has 0 saturated carbocycles. The van der Waals surface area contributed by atoms with E-state index in [4.69, 9.17) is 4.42 Å². The highest BCUT2D eigenvalue weighted by molar-refractivity contribution is 5.19. The fraction of sp³-hybridized carbons (Fsp3) is 0.500. The third-order valence-electron chi connectivity index (χ3n) is 2.35. The van der Waals surface area contributed by atoms with E-state index < -0.39 is 0 Å². The molecule has 1 heterocycles. The highest BCUT2D eigenvalue weighted by Crippen LogP contribution is 2.24. The zero-order valence-electron chi connectivity index (χ0n) is 8.70. The Kier molecular flexibility index (Phi) is 4.47. The maximum absolute atomic E-state index is 9.85. The first-order valence-electron chi connectivity index (χ1n) is 5.14.